The number of primary amides is 1. The molecule has 3 rings (SSSR count). The number of aromatic nitrogens is 2. The summed E-state index contributed by atoms with van der Waals surface area (Å²) in [6, 6.07) is 5.08. The Bertz CT molecular complexity index is 1150. The van der Waals surface area contributed by atoms with E-state index in [-0.39, 0.29) is 5.56 Å². The van der Waals surface area contributed by atoms with E-state index in [0.29, 0.717) is 35.5 Å². The van der Waals surface area contributed by atoms with Crippen LogP contribution in [0.4, 0.5) is 0 Å². The molecule has 2 aromatic heterocycles. The van der Waals surface area contributed by atoms with E-state index in [9.17, 15) is 9.59 Å². The molecule has 3 aromatic rings. The SMILES string of the molecule is CCC(C(N)=O)n1c(CCOC)nc2sc(C)c(-c3ccc(OC)c(C)c3)c2c1=O. The molecule has 0 aliphatic rings. The molecule has 2 N–H and O–H groups in total. The average molecular weight is 430 g/mol. The van der Waals surface area contributed by atoms with Crippen molar-refractivity contribution in [3.05, 3.63) is 44.8 Å². The van der Waals surface area contributed by atoms with E-state index in [1.807, 2.05) is 39.0 Å². The van der Waals surface area contributed by atoms with Crippen LogP contribution in [0.2, 0.25) is 0 Å². The number of hydrogen-bond donors (Lipinski definition) is 1. The summed E-state index contributed by atoms with van der Waals surface area (Å²) in [5, 5.41) is 0.517. The number of amides is 1. The third-order valence-electron chi connectivity index (χ3n) is 5.25. The van der Waals surface area contributed by atoms with Gasteiger partial charge in [-0.15, -0.1) is 11.3 Å². The zero-order valence-corrected chi connectivity index (χ0v) is 18.8. The first-order valence-electron chi connectivity index (χ1n) is 9.81. The van der Waals surface area contributed by atoms with Crippen LogP contribution < -0.4 is 16.0 Å². The molecule has 0 radical (unpaired) electrons. The Labute approximate surface area is 179 Å². The molecular formula is C22H27N3O4S. The third-order valence-corrected chi connectivity index (χ3v) is 6.25. The molecule has 0 saturated carbocycles. The summed E-state index contributed by atoms with van der Waals surface area (Å²) >= 11 is 1.47. The summed E-state index contributed by atoms with van der Waals surface area (Å²) in [5.74, 6) is 0.750. The number of benzene rings is 1. The quantitative estimate of drug-likeness (QED) is 0.592. The predicted molar refractivity (Wildman–Crippen MR) is 119 cm³/mol. The van der Waals surface area contributed by atoms with Gasteiger partial charge in [0.1, 0.15) is 22.4 Å². The summed E-state index contributed by atoms with van der Waals surface area (Å²) in [6.45, 7) is 6.16. The van der Waals surface area contributed by atoms with Crippen LogP contribution >= 0.6 is 11.3 Å². The van der Waals surface area contributed by atoms with Crippen molar-refractivity contribution in [1.82, 2.24) is 9.55 Å². The number of nitrogens with two attached hydrogens (primary N) is 1. The van der Waals surface area contributed by atoms with Gasteiger partial charge < -0.3 is 15.2 Å². The van der Waals surface area contributed by atoms with Crippen molar-refractivity contribution >= 4 is 27.5 Å². The van der Waals surface area contributed by atoms with Crippen molar-refractivity contribution in [3.8, 4) is 16.9 Å². The second-order valence-electron chi connectivity index (χ2n) is 7.17. The summed E-state index contributed by atoms with van der Waals surface area (Å²) < 4.78 is 12.0. The normalized spacial score (nSPS) is 12.3. The fourth-order valence-corrected chi connectivity index (χ4v) is 4.85. The number of carbonyl (C=O) groups excluding carboxylic acids is 1. The number of carbonyl (C=O) groups is 1. The van der Waals surface area contributed by atoms with Gasteiger partial charge in [-0.3, -0.25) is 14.2 Å². The van der Waals surface area contributed by atoms with E-state index >= 15 is 0 Å². The standard InChI is InChI=1S/C22H27N3O4S/c1-6-15(20(23)26)25-17(9-10-28-4)24-21-19(22(25)27)18(13(3)30-21)14-7-8-16(29-5)12(2)11-14/h7-8,11,15H,6,9-10H2,1-5H3,(H2,23,26). The first kappa shape index (κ1) is 22.0. The zero-order chi connectivity index (χ0) is 22.0. The van der Waals surface area contributed by atoms with Crippen molar-refractivity contribution in [1.29, 1.82) is 0 Å². The number of nitrogens with zero attached hydrogens (tertiary/aromatic N) is 2. The van der Waals surface area contributed by atoms with Gasteiger partial charge in [0.2, 0.25) is 5.91 Å². The lowest BCUT2D eigenvalue weighted by atomic mass is 10.0. The van der Waals surface area contributed by atoms with Crippen LogP contribution in [0, 0.1) is 13.8 Å². The number of ether oxygens (including phenoxy) is 2. The molecule has 0 saturated heterocycles. The molecular weight excluding hydrogens is 402 g/mol. The van der Waals surface area contributed by atoms with Crippen molar-refractivity contribution in [2.45, 2.75) is 39.7 Å². The molecule has 1 amide bonds. The molecule has 7 nitrogen and oxygen atoms in total. The third kappa shape index (κ3) is 3.85. The topological polar surface area (TPSA) is 96.4 Å². The highest BCUT2D eigenvalue weighted by Crippen LogP contribution is 2.37. The molecule has 8 heteroatoms. The lowest BCUT2D eigenvalue weighted by Gasteiger charge is -2.19. The molecule has 30 heavy (non-hydrogen) atoms. The highest BCUT2D eigenvalue weighted by molar-refractivity contribution is 7.19. The Morgan fingerprint density at radius 3 is 2.60 bits per heavy atom. The van der Waals surface area contributed by atoms with Gasteiger partial charge in [-0.2, -0.15) is 0 Å². The molecule has 1 aromatic carbocycles. The maximum Gasteiger partial charge on any atom is 0.263 e. The predicted octanol–water partition coefficient (Wildman–Crippen LogP) is 3.38. The summed E-state index contributed by atoms with van der Waals surface area (Å²) in [6.07, 6.45) is 0.821. The highest BCUT2D eigenvalue weighted by Gasteiger charge is 2.25. The fourth-order valence-electron chi connectivity index (χ4n) is 3.80. The van der Waals surface area contributed by atoms with Crippen LogP contribution in [-0.2, 0) is 16.0 Å². The molecule has 1 unspecified atom stereocenters. The Morgan fingerprint density at radius 2 is 2.03 bits per heavy atom. The molecule has 0 bridgehead atoms. The maximum absolute atomic E-state index is 13.7. The minimum absolute atomic E-state index is 0.246. The lowest BCUT2D eigenvalue weighted by molar-refractivity contribution is -0.121. The van der Waals surface area contributed by atoms with Gasteiger partial charge in [-0.1, -0.05) is 13.0 Å². The number of thiophene rings is 1. The van der Waals surface area contributed by atoms with Crippen LogP contribution in [0.5, 0.6) is 5.75 Å². The molecule has 160 valence electrons. The minimum atomic E-state index is -0.757. The van der Waals surface area contributed by atoms with Crippen LogP contribution in [-0.4, -0.2) is 36.3 Å². The Hall–Kier alpha value is -2.71. The van der Waals surface area contributed by atoms with Crippen molar-refractivity contribution < 1.29 is 14.3 Å². The van der Waals surface area contributed by atoms with Gasteiger partial charge >= 0.3 is 0 Å². The molecule has 2 heterocycles. The smallest absolute Gasteiger partial charge is 0.263 e. The van der Waals surface area contributed by atoms with E-state index in [2.05, 4.69) is 0 Å². The minimum Gasteiger partial charge on any atom is -0.496 e. The van der Waals surface area contributed by atoms with Gasteiger partial charge in [0.25, 0.3) is 5.56 Å². The first-order valence-corrected chi connectivity index (χ1v) is 10.6. The summed E-state index contributed by atoms with van der Waals surface area (Å²) in [4.78, 5) is 32.2. The number of methoxy groups -OCH3 is 2. The fraction of sp³-hybridized carbons (Fsp3) is 0.409. The Balaban J connectivity index is 2.34. The van der Waals surface area contributed by atoms with Crippen molar-refractivity contribution in [2.24, 2.45) is 5.73 Å². The van der Waals surface area contributed by atoms with Crippen LogP contribution in [0.25, 0.3) is 21.3 Å². The molecule has 0 aliphatic heterocycles. The summed E-state index contributed by atoms with van der Waals surface area (Å²) in [5.41, 5.74) is 8.11. The van der Waals surface area contributed by atoms with Gasteiger partial charge in [0.15, 0.2) is 0 Å². The van der Waals surface area contributed by atoms with E-state index in [1.54, 1.807) is 14.2 Å². The lowest BCUT2D eigenvalue weighted by Crippen LogP contribution is -2.36. The molecule has 0 spiro atoms. The largest absolute Gasteiger partial charge is 0.496 e. The number of rotatable bonds is 8. The zero-order valence-electron chi connectivity index (χ0n) is 17.9. The van der Waals surface area contributed by atoms with Gasteiger partial charge in [0.05, 0.1) is 19.1 Å². The molecule has 0 fully saturated rings. The van der Waals surface area contributed by atoms with E-state index in [0.717, 1.165) is 27.3 Å². The van der Waals surface area contributed by atoms with E-state index in [1.165, 1.54) is 15.9 Å². The number of hydrogen-bond acceptors (Lipinski definition) is 6. The Morgan fingerprint density at radius 1 is 1.30 bits per heavy atom. The van der Waals surface area contributed by atoms with Crippen LogP contribution in [0.1, 0.15) is 35.7 Å². The van der Waals surface area contributed by atoms with Gasteiger partial charge in [-0.25, -0.2) is 4.98 Å². The van der Waals surface area contributed by atoms with Crippen LogP contribution in [0.15, 0.2) is 23.0 Å². The Kier molecular flexibility index (Phi) is 6.58. The summed E-state index contributed by atoms with van der Waals surface area (Å²) in [7, 11) is 3.22. The van der Waals surface area contributed by atoms with Gasteiger partial charge in [-0.05, 0) is 43.5 Å². The molecule has 0 aliphatic carbocycles. The van der Waals surface area contributed by atoms with E-state index in [4.69, 9.17) is 20.2 Å². The van der Waals surface area contributed by atoms with Crippen LogP contribution in [0.3, 0.4) is 0 Å². The highest BCUT2D eigenvalue weighted by atomic mass is 32.1. The number of fused-ring (bicyclic) bond motifs is 1. The van der Waals surface area contributed by atoms with Gasteiger partial charge in [0, 0.05) is 24.0 Å². The first-order chi connectivity index (χ1) is 14.3. The second-order valence-corrected chi connectivity index (χ2v) is 8.37. The maximum atomic E-state index is 13.7. The van der Waals surface area contributed by atoms with Crippen molar-refractivity contribution in [2.75, 3.05) is 20.8 Å². The molecule has 1 atom stereocenters. The average Bonchev–Trinajstić information content (AvgIpc) is 3.04. The van der Waals surface area contributed by atoms with E-state index < -0.39 is 11.9 Å². The monoisotopic (exact) mass is 429 g/mol. The number of aryl methyl sites for hydroxylation is 2. The van der Waals surface area contributed by atoms with Crippen molar-refractivity contribution in [3.63, 3.8) is 0 Å². The second kappa shape index (κ2) is 8.97.